The van der Waals surface area contributed by atoms with Crippen LogP contribution in [0.25, 0.3) is 38.8 Å². The lowest BCUT2D eigenvalue weighted by atomic mass is 9.98. The van der Waals surface area contributed by atoms with Crippen molar-refractivity contribution in [2.45, 2.75) is 12.8 Å². The highest BCUT2D eigenvalue weighted by Gasteiger charge is 2.19. The second kappa shape index (κ2) is 9.35. The maximum Gasteiger partial charge on any atom is 0.210 e. The van der Waals surface area contributed by atoms with Gasteiger partial charge in [0.2, 0.25) is 5.95 Å². The highest BCUT2D eigenvalue weighted by Crippen LogP contribution is 2.36. The number of nitrogens with zero attached hydrogens (tertiary/aromatic N) is 5. The normalized spacial score (nSPS) is 11.2. The van der Waals surface area contributed by atoms with Crippen molar-refractivity contribution in [1.82, 2.24) is 24.6 Å². The predicted molar refractivity (Wildman–Crippen MR) is 140 cm³/mol. The van der Waals surface area contributed by atoms with Gasteiger partial charge in [-0.15, -0.1) is 10.2 Å². The Hall–Kier alpha value is -4.58. The summed E-state index contributed by atoms with van der Waals surface area (Å²) in [5.74, 6) is 0.731. The molecule has 0 saturated heterocycles. The van der Waals surface area contributed by atoms with Crippen molar-refractivity contribution in [3.8, 4) is 22.4 Å². The van der Waals surface area contributed by atoms with Gasteiger partial charge in [-0.3, -0.25) is 9.38 Å². The standard InChI is InChI=1S/C29H24N6/c1-2-7-21(8-3-1)9-6-16-31-29-33-27(23-14-17-30-18-15-23)26(28-34-32-20-35(28)29)25-13-12-22-10-4-5-11-24(22)19-25/h1-5,7-8,10-15,17-20H,6,9,16H2,(H,31,33). The van der Waals surface area contributed by atoms with Crippen molar-refractivity contribution >= 4 is 22.4 Å². The molecule has 3 heterocycles. The third-order valence-electron chi connectivity index (χ3n) is 6.21. The third kappa shape index (κ3) is 4.22. The van der Waals surface area contributed by atoms with E-state index in [-0.39, 0.29) is 0 Å². The summed E-state index contributed by atoms with van der Waals surface area (Å²) in [5, 5.41) is 14.6. The Morgan fingerprint density at radius 2 is 1.57 bits per heavy atom. The molecule has 0 spiro atoms. The van der Waals surface area contributed by atoms with Gasteiger partial charge in [0.1, 0.15) is 6.33 Å². The van der Waals surface area contributed by atoms with Crippen molar-refractivity contribution in [2.75, 3.05) is 11.9 Å². The van der Waals surface area contributed by atoms with Crippen LogP contribution in [0, 0.1) is 0 Å². The van der Waals surface area contributed by atoms with E-state index in [0.717, 1.165) is 53.4 Å². The Morgan fingerprint density at radius 3 is 2.43 bits per heavy atom. The fraction of sp³-hybridized carbons (Fsp3) is 0.103. The fourth-order valence-electron chi connectivity index (χ4n) is 4.47. The zero-order valence-corrected chi connectivity index (χ0v) is 19.2. The Balaban J connectivity index is 1.42. The van der Waals surface area contributed by atoms with Gasteiger partial charge in [-0.2, -0.15) is 0 Å². The number of pyridine rings is 1. The zero-order chi connectivity index (χ0) is 23.5. The van der Waals surface area contributed by atoms with Crippen molar-refractivity contribution in [3.63, 3.8) is 0 Å². The molecule has 6 aromatic rings. The van der Waals surface area contributed by atoms with Gasteiger partial charge in [0.15, 0.2) is 5.65 Å². The van der Waals surface area contributed by atoms with Crippen LogP contribution in [0.5, 0.6) is 0 Å². The Morgan fingerprint density at radius 1 is 0.771 bits per heavy atom. The van der Waals surface area contributed by atoms with Crippen LogP contribution in [0.4, 0.5) is 5.95 Å². The van der Waals surface area contributed by atoms with E-state index in [0.29, 0.717) is 0 Å². The van der Waals surface area contributed by atoms with Crippen LogP contribution < -0.4 is 5.32 Å². The molecule has 0 amide bonds. The molecular formula is C29H24N6. The molecule has 0 radical (unpaired) electrons. The first kappa shape index (κ1) is 21.0. The molecule has 3 aromatic carbocycles. The van der Waals surface area contributed by atoms with Gasteiger partial charge >= 0.3 is 0 Å². The lowest BCUT2D eigenvalue weighted by Gasteiger charge is -2.15. The number of anilines is 1. The largest absolute Gasteiger partial charge is 0.355 e. The summed E-state index contributed by atoms with van der Waals surface area (Å²) in [6.07, 6.45) is 7.31. The van der Waals surface area contributed by atoms with E-state index < -0.39 is 0 Å². The molecule has 3 aromatic heterocycles. The molecule has 6 nitrogen and oxygen atoms in total. The first-order chi connectivity index (χ1) is 17.4. The van der Waals surface area contributed by atoms with Crippen molar-refractivity contribution < 1.29 is 0 Å². The van der Waals surface area contributed by atoms with Crippen molar-refractivity contribution in [3.05, 3.63) is 109 Å². The summed E-state index contributed by atoms with van der Waals surface area (Å²) in [5.41, 5.74) is 5.95. The Kier molecular flexibility index (Phi) is 5.60. The van der Waals surface area contributed by atoms with E-state index in [2.05, 4.69) is 87.2 Å². The van der Waals surface area contributed by atoms with Crippen LogP contribution in [0.1, 0.15) is 12.0 Å². The molecule has 0 saturated carbocycles. The number of hydrogen-bond donors (Lipinski definition) is 1. The molecular weight excluding hydrogens is 432 g/mol. The van der Waals surface area contributed by atoms with Crippen molar-refractivity contribution in [1.29, 1.82) is 0 Å². The number of benzene rings is 3. The lowest BCUT2D eigenvalue weighted by molar-refractivity contribution is 0.849. The average molecular weight is 457 g/mol. The second-order valence-corrected chi connectivity index (χ2v) is 8.50. The second-order valence-electron chi connectivity index (χ2n) is 8.50. The fourth-order valence-corrected chi connectivity index (χ4v) is 4.47. The van der Waals surface area contributed by atoms with Crippen LogP contribution in [0.2, 0.25) is 0 Å². The van der Waals surface area contributed by atoms with Crippen LogP contribution in [0.3, 0.4) is 0 Å². The van der Waals surface area contributed by atoms with Gasteiger partial charge in [0.25, 0.3) is 0 Å². The Labute approximate surface area is 203 Å². The Bertz CT molecular complexity index is 1590. The molecule has 0 bridgehead atoms. The summed E-state index contributed by atoms with van der Waals surface area (Å²) in [4.78, 5) is 9.29. The number of aryl methyl sites for hydroxylation is 1. The first-order valence-electron chi connectivity index (χ1n) is 11.8. The molecule has 0 aliphatic carbocycles. The molecule has 0 aliphatic rings. The van der Waals surface area contributed by atoms with E-state index in [4.69, 9.17) is 4.98 Å². The molecule has 0 unspecified atom stereocenters. The predicted octanol–water partition coefficient (Wildman–Crippen LogP) is 6.05. The molecule has 6 rings (SSSR count). The highest BCUT2D eigenvalue weighted by molar-refractivity contribution is 5.95. The van der Waals surface area contributed by atoms with Gasteiger partial charge in [-0.1, -0.05) is 66.7 Å². The molecule has 170 valence electrons. The van der Waals surface area contributed by atoms with E-state index in [1.54, 1.807) is 18.7 Å². The number of nitrogens with one attached hydrogen (secondary N) is 1. The number of rotatable bonds is 7. The minimum Gasteiger partial charge on any atom is -0.355 e. The summed E-state index contributed by atoms with van der Waals surface area (Å²) in [7, 11) is 0. The van der Waals surface area contributed by atoms with Gasteiger partial charge in [0.05, 0.1) is 11.3 Å². The number of hydrogen-bond acceptors (Lipinski definition) is 5. The smallest absolute Gasteiger partial charge is 0.210 e. The molecule has 6 heteroatoms. The van der Waals surface area contributed by atoms with Gasteiger partial charge in [0, 0.05) is 24.5 Å². The topological polar surface area (TPSA) is 68.0 Å². The molecule has 0 aliphatic heterocycles. The van der Waals surface area contributed by atoms with Crippen LogP contribution in [0.15, 0.2) is 104 Å². The van der Waals surface area contributed by atoms with E-state index in [1.807, 2.05) is 22.6 Å². The summed E-state index contributed by atoms with van der Waals surface area (Å²) in [6.45, 7) is 0.792. The molecule has 0 atom stereocenters. The minimum atomic E-state index is 0.731. The van der Waals surface area contributed by atoms with Gasteiger partial charge in [-0.05, 0) is 52.9 Å². The summed E-state index contributed by atoms with van der Waals surface area (Å²) in [6, 6.07) is 29.3. The average Bonchev–Trinajstić information content (AvgIpc) is 3.42. The number of aromatic nitrogens is 5. The third-order valence-corrected chi connectivity index (χ3v) is 6.21. The van der Waals surface area contributed by atoms with Gasteiger partial charge < -0.3 is 5.32 Å². The first-order valence-corrected chi connectivity index (χ1v) is 11.8. The van der Waals surface area contributed by atoms with Crippen molar-refractivity contribution in [2.24, 2.45) is 0 Å². The van der Waals surface area contributed by atoms with Crippen LogP contribution >= 0.6 is 0 Å². The molecule has 1 N–H and O–H groups in total. The quantitative estimate of drug-likeness (QED) is 0.296. The van der Waals surface area contributed by atoms with Crippen LogP contribution in [-0.2, 0) is 6.42 Å². The number of fused-ring (bicyclic) bond motifs is 2. The van der Waals surface area contributed by atoms with Crippen LogP contribution in [-0.4, -0.2) is 31.1 Å². The highest BCUT2D eigenvalue weighted by atomic mass is 15.3. The molecule has 0 fully saturated rings. The monoisotopic (exact) mass is 456 g/mol. The van der Waals surface area contributed by atoms with E-state index >= 15 is 0 Å². The van der Waals surface area contributed by atoms with Gasteiger partial charge in [-0.25, -0.2) is 4.98 Å². The van der Waals surface area contributed by atoms with E-state index in [1.165, 1.54) is 16.3 Å². The molecule has 35 heavy (non-hydrogen) atoms. The summed E-state index contributed by atoms with van der Waals surface area (Å²) < 4.78 is 1.94. The SMILES string of the molecule is c1ccc(CCCNc2nc(-c3ccncc3)c(-c3ccc4ccccc4c3)c3nncn23)cc1. The zero-order valence-electron chi connectivity index (χ0n) is 19.2. The maximum absolute atomic E-state index is 5.09. The van der Waals surface area contributed by atoms with E-state index in [9.17, 15) is 0 Å². The maximum atomic E-state index is 5.09. The summed E-state index contributed by atoms with van der Waals surface area (Å²) >= 11 is 0. The minimum absolute atomic E-state index is 0.731. The lowest BCUT2D eigenvalue weighted by Crippen LogP contribution is -2.10.